The van der Waals surface area contributed by atoms with Gasteiger partial charge in [-0.3, -0.25) is 4.79 Å². The SMILES string of the molecule is CNC(c1ccc2c(c1)CC(=O)N2)C(C)C(C)C. The largest absolute Gasteiger partial charge is 0.326 e. The smallest absolute Gasteiger partial charge is 0.228 e. The van der Waals surface area contributed by atoms with Crippen LogP contribution in [0.25, 0.3) is 0 Å². The van der Waals surface area contributed by atoms with Crippen LogP contribution in [-0.2, 0) is 11.2 Å². The molecule has 1 aliphatic rings. The summed E-state index contributed by atoms with van der Waals surface area (Å²) in [5.74, 6) is 1.27. The molecule has 3 heteroatoms. The predicted octanol–water partition coefficient (Wildman–Crippen LogP) is 2.73. The minimum Gasteiger partial charge on any atom is -0.326 e. The topological polar surface area (TPSA) is 41.1 Å². The molecule has 1 amide bonds. The Bertz CT molecular complexity index is 454. The first-order valence-corrected chi connectivity index (χ1v) is 6.63. The molecule has 18 heavy (non-hydrogen) atoms. The third-order valence-electron chi connectivity index (χ3n) is 4.00. The Morgan fingerprint density at radius 1 is 1.28 bits per heavy atom. The van der Waals surface area contributed by atoms with E-state index in [1.165, 1.54) is 5.56 Å². The van der Waals surface area contributed by atoms with E-state index >= 15 is 0 Å². The normalized spacial score (nSPS) is 17.5. The van der Waals surface area contributed by atoms with Gasteiger partial charge in [-0.15, -0.1) is 0 Å². The second kappa shape index (κ2) is 5.11. The van der Waals surface area contributed by atoms with E-state index in [1.807, 2.05) is 13.1 Å². The van der Waals surface area contributed by atoms with Crippen LogP contribution in [-0.4, -0.2) is 13.0 Å². The number of rotatable bonds is 4. The van der Waals surface area contributed by atoms with E-state index in [2.05, 4.69) is 43.5 Å². The molecule has 0 saturated carbocycles. The lowest BCUT2D eigenvalue weighted by Crippen LogP contribution is -2.26. The second-order valence-electron chi connectivity index (χ2n) is 5.51. The van der Waals surface area contributed by atoms with Crippen molar-refractivity contribution in [2.45, 2.75) is 33.2 Å². The molecule has 0 fully saturated rings. The first kappa shape index (κ1) is 13.1. The summed E-state index contributed by atoms with van der Waals surface area (Å²) in [5.41, 5.74) is 3.36. The molecule has 1 aromatic carbocycles. The fourth-order valence-corrected chi connectivity index (χ4v) is 2.56. The highest BCUT2D eigenvalue weighted by molar-refractivity contribution is 5.99. The first-order valence-electron chi connectivity index (χ1n) is 6.63. The van der Waals surface area contributed by atoms with E-state index < -0.39 is 0 Å². The van der Waals surface area contributed by atoms with Gasteiger partial charge in [0.1, 0.15) is 0 Å². The molecule has 1 aliphatic heterocycles. The number of amides is 1. The molecule has 1 heterocycles. The summed E-state index contributed by atoms with van der Waals surface area (Å²) in [4.78, 5) is 11.4. The van der Waals surface area contributed by atoms with Crippen LogP contribution in [0.4, 0.5) is 5.69 Å². The zero-order chi connectivity index (χ0) is 13.3. The van der Waals surface area contributed by atoms with Crippen LogP contribution in [0.5, 0.6) is 0 Å². The number of benzene rings is 1. The molecule has 0 spiro atoms. The summed E-state index contributed by atoms with van der Waals surface area (Å²) in [5, 5.41) is 6.27. The van der Waals surface area contributed by atoms with Gasteiger partial charge >= 0.3 is 0 Å². The van der Waals surface area contributed by atoms with Gasteiger partial charge in [0.2, 0.25) is 5.91 Å². The average molecular weight is 246 g/mol. The Morgan fingerprint density at radius 3 is 2.61 bits per heavy atom. The number of anilines is 1. The highest BCUT2D eigenvalue weighted by Crippen LogP contribution is 2.31. The van der Waals surface area contributed by atoms with Crippen molar-refractivity contribution in [2.24, 2.45) is 11.8 Å². The molecule has 0 aliphatic carbocycles. The monoisotopic (exact) mass is 246 g/mol. The van der Waals surface area contributed by atoms with Gasteiger partial charge in [0, 0.05) is 11.7 Å². The Kier molecular flexibility index (Phi) is 3.71. The molecule has 0 aromatic heterocycles. The van der Waals surface area contributed by atoms with Gasteiger partial charge in [0.15, 0.2) is 0 Å². The first-order chi connectivity index (χ1) is 8.52. The zero-order valence-corrected chi connectivity index (χ0v) is 11.6. The quantitative estimate of drug-likeness (QED) is 0.857. The van der Waals surface area contributed by atoms with Crippen LogP contribution in [0.2, 0.25) is 0 Å². The van der Waals surface area contributed by atoms with E-state index in [4.69, 9.17) is 0 Å². The fourth-order valence-electron chi connectivity index (χ4n) is 2.56. The highest BCUT2D eigenvalue weighted by Gasteiger charge is 2.23. The van der Waals surface area contributed by atoms with Gasteiger partial charge in [0.05, 0.1) is 6.42 Å². The van der Waals surface area contributed by atoms with Crippen molar-refractivity contribution in [3.05, 3.63) is 29.3 Å². The van der Waals surface area contributed by atoms with Gasteiger partial charge in [-0.05, 0) is 36.1 Å². The van der Waals surface area contributed by atoms with E-state index in [0.717, 1.165) is 11.3 Å². The molecular weight excluding hydrogens is 224 g/mol. The second-order valence-corrected chi connectivity index (χ2v) is 5.51. The number of hydrogen-bond acceptors (Lipinski definition) is 2. The number of carbonyl (C=O) groups excluding carboxylic acids is 1. The number of nitrogens with one attached hydrogen (secondary N) is 2. The molecule has 0 bridgehead atoms. The molecular formula is C15H22N2O. The number of fused-ring (bicyclic) bond motifs is 1. The molecule has 2 atom stereocenters. The molecule has 98 valence electrons. The maximum atomic E-state index is 11.4. The minimum absolute atomic E-state index is 0.0973. The fraction of sp³-hybridized carbons (Fsp3) is 0.533. The lowest BCUT2D eigenvalue weighted by molar-refractivity contribution is -0.115. The Balaban J connectivity index is 2.28. The molecule has 0 radical (unpaired) electrons. The number of hydrogen-bond donors (Lipinski definition) is 2. The molecule has 0 saturated heterocycles. The third kappa shape index (κ3) is 2.41. The van der Waals surface area contributed by atoms with Crippen LogP contribution in [0.3, 0.4) is 0 Å². The lowest BCUT2D eigenvalue weighted by Gasteiger charge is -2.27. The molecule has 3 nitrogen and oxygen atoms in total. The van der Waals surface area contributed by atoms with Crippen molar-refractivity contribution in [2.75, 3.05) is 12.4 Å². The Labute approximate surface area is 109 Å². The van der Waals surface area contributed by atoms with Crippen molar-refractivity contribution >= 4 is 11.6 Å². The Morgan fingerprint density at radius 2 is 2.00 bits per heavy atom. The van der Waals surface area contributed by atoms with E-state index in [0.29, 0.717) is 24.3 Å². The number of carbonyl (C=O) groups is 1. The highest BCUT2D eigenvalue weighted by atomic mass is 16.1. The third-order valence-corrected chi connectivity index (χ3v) is 4.00. The van der Waals surface area contributed by atoms with Crippen molar-refractivity contribution in [1.82, 2.24) is 5.32 Å². The maximum absolute atomic E-state index is 11.4. The van der Waals surface area contributed by atoms with Crippen molar-refractivity contribution in [3.63, 3.8) is 0 Å². The van der Waals surface area contributed by atoms with Crippen LogP contribution in [0.1, 0.15) is 37.9 Å². The van der Waals surface area contributed by atoms with Gasteiger partial charge in [-0.25, -0.2) is 0 Å². The molecule has 1 aromatic rings. The molecule has 2 N–H and O–H groups in total. The van der Waals surface area contributed by atoms with Gasteiger partial charge in [-0.1, -0.05) is 32.9 Å². The molecule has 2 rings (SSSR count). The van der Waals surface area contributed by atoms with E-state index in [9.17, 15) is 4.79 Å². The van der Waals surface area contributed by atoms with E-state index in [1.54, 1.807) is 0 Å². The average Bonchev–Trinajstić information content (AvgIpc) is 2.69. The van der Waals surface area contributed by atoms with Crippen molar-refractivity contribution in [3.8, 4) is 0 Å². The Hall–Kier alpha value is -1.35. The minimum atomic E-state index is 0.0973. The predicted molar refractivity (Wildman–Crippen MR) is 74.6 cm³/mol. The van der Waals surface area contributed by atoms with Gasteiger partial charge in [-0.2, -0.15) is 0 Å². The van der Waals surface area contributed by atoms with Gasteiger partial charge < -0.3 is 10.6 Å². The van der Waals surface area contributed by atoms with Crippen LogP contribution in [0.15, 0.2) is 18.2 Å². The zero-order valence-electron chi connectivity index (χ0n) is 11.6. The van der Waals surface area contributed by atoms with Crippen LogP contribution >= 0.6 is 0 Å². The lowest BCUT2D eigenvalue weighted by atomic mass is 9.85. The summed E-state index contributed by atoms with van der Waals surface area (Å²) in [6, 6.07) is 6.64. The summed E-state index contributed by atoms with van der Waals surface area (Å²) < 4.78 is 0. The summed E-state index contributed by atoms with van der Waals surface area (Å²) in [6.45, 7) is 6.75. The summed E-state index contributed by atoms with van der Waals surface area (Å²) in [6.07, 6.45) is 0.510. The standard InChI is InChI=1S/C15H22N2O/c1-9(2)10(3)15(16-4)11-5-6-13-12(7-11)8-14(18)17-13/h5-7,9-10,15-16H,8H2,1-4H3,(H,17,18). The molecule has 2 unspecified atom stereocenters. The van der Waals surface area contributed by atoms with Gasteiger partial charge in [0.25, 0.3) is 0 Å². The van der Waals surface area contributed by atoms with Crippen molar-refractivity contribution in [1.29, 1.82) is 0 Å². The summed E-state index contributed by atoms with van der Waals surface area (Å²) >= 11 is 0. The summed E-state index contributed by atoms with van der Waals surface area (Å²) in [7, 11) is 2.00. The van der Waals surface area contributed by atoms with Crippen LogP contribution < -0.4 is 10.6 Å². The maximum Gasteiger partial charge on any atom is 0.228 e. The van der Waals surface area contributed by atoms with E-state index in [-0.39, 0.29) is 5.91 Å². The van der Waals surface area contributed by atoms with Crippen molar-refractivity contribution < 1.29 is 4.79 Å². The van der Waals surface area contributed by atoms with Crippen LogP contribution in [0, 0.1) is 11.8 Å².